The second kappa shape index (κ2) is 11.3. The third kappa shape index (κ3) is 6.11. The van der Waals surface area contributed by atoms with E-state index in [1.54, 1.807) is 42.5 Å². The molecule has 2 aromatic carbocycles. The van der Waals surface area contributed by atoms with Gasteiger partial charge in [-0.15, -0.1) is 0 Å². The number of esters is 1. The highest BCUT2D eigenvalue weighted by Crippen LogP contribution is 2.26. The van der Waals surface area contributed by atoms with Gasteiger partial charge in [-0.05, 0) is 49.6 Å². The van der Waals surface area contributed by atoms with Crippen molar-refractivity contribution < 1.29 is 22.7 Å². The van der Waals surface area contributed by atoms with Gasteiger partial charge in [-0.3, -0.25) is 9.59 Å². The van der Waals surface area contributed by atoms with Gasteiger partial charge in [-0.2, -0.15) is 9.57 Å². The molecule has 10 heteroatoms. The van der Waals surface area contributed by atoms with Gasteiger partial charge in [0.2, 0.25) is 10.0 Å². The Kier molecular flexibility index (Phi) is 8.44. The van der Waals surface area contributed by atoms with E-state index in [-0.39, 0.29) is 24.4 Å². The van der Waals surface area contributed by atoms with Crippen LogP contribution in [0.5, 0.6) is 0 Å². The molecule has 0 aliphatic carbocycles. The molecule has 1 saturated heterocycles. The smallest absolute Gasteiger partial charge is 0.324 e. The number of carbonyl (C=O) groups excluding carboxylic acids is 2. The van der Waals surface area contributed by atoms with Crippen molar-refractivity contribution in [2.75, 3.05) is 24.6 Å². The molecule has 174 valence electrons. The fourth-order valence-electron chi connectivity index (χ4n) is 3.67. The number of halogens is 1. The maximum absolute atomic E-state index is 13.1. The van der Waals surface area contributed by atoms with Gasteiger partial charge in [-0.25, -0.2) is 8.42 Å². The van der Waals surface area contributed by atoms with Crippen molar-refractivity contribution in [3.8, 4) is 6.07 Å². The predicted octanol–water partition coefficient (Wildman–Crippen LogP) is 3.37. The fourth-order valence-corrected chi connectivity index (χ4v) is 5.52. The molecular weight excluding hydrogens is 466 g/mol. The van der Waals surface area contributed by atoms with Gasteiger partial charge in [0.1, 0.15) is 6.04 Å². The first-order chi connectivity index (χ1) is 15.8. The molecule has 0 spiro atoms. The minimum atomic E-state index is -3.88. The summed E-state index contributed by atoms with van der Waals surface area (Å²) in [7, 11) is -3.88. The molecule has 0 N–H and O–H groups in total. The molecule has 1 aliphatic heterocycles. The van der Waals surface area contributed by atoms with Gasteiger partial charge < -0.3 is 9.64 Å². The van der Waals surface area contributed by atoms with Crippen LogP contribution >= 0.6 is 11.6 Å². The number of hydrogen-bond donors (Lipinski definition) is 0. The Hall–Kier alpha value is -2.93. The minimum Gasteiger partial charge on any atom is -0.454 e. The Morgan fingerprint density at radius 2 is 1.91 bits per heavy atom. The zero-order valence-corrected chi connectivity index (χ0v) is 19.5. The topological polar surface area (TPSA) is 108 Å². The molecule has 2 aromatic rings. The average Bonchev–Trinajstić information content (AvgIpc) is 2.83. The fraction of sp³-hybridized carbons (Fsp3) is 0.348. The highest BCUT2D eigenvalue weighted by atomic mass is 35.5. The number of sulfonamides is 1. The lowest BCUT2D eigenvalue weighted by Gasteiger charge is -2.33. The second-order valence-corrected chi connectivity index (χ2v) is 9.81. The summed E-state index contributed by atoms with van der Waals surface area (Å²) in [5.41, 5.74) is 0.477. The van der Waals surface area contributed by atoms with E-state index >= 15 is 0 Å². The first-order valence-electron chi connectivity index (χ1n) is 10.5. The standard InChI is InChI=1S/C23H24ClN3O5S/c24-18-8-6-9-19(16-18)26(14-7-13-25)22(28)17-32-23(29)21-12-4-5-15-27(21)33(30,31)20-10-2-1-3-11-20/h1-3,6,8-11,16,21H,4-5,7,12,14-15,17H2. The van der Waals surface area contributed by atoms with Crippen LogP contribution in [0.4, 0.5) is 5.69 Å². The zero-order chi connectivity index (χ0) is 23.8. The molecule has 1 atom stereocenters. The monoisotopic (exact) mass is 489 g/mol. The van der Waals surface area contributed by atoms with E-state index in [4.69, 9.17) is 21.6 Å². The lowest BCUT2D eigenvalue weighted by atomic mass is 10.1. The van der Waals surface area contributed by atoms with Crippen molar-refractivity contribution in [3.05, 3.63) is 59.6 Å². The molecule has 1 aliphatic rings. The number of nitrogens with zero attached hydrogens (tertiary/aromatic N) is 3. The van der Waals surface area contributed by atoms with Crippen molar-refractivity contribution in [3.63, 3.8) is 0 Å². The first-order valence-corrected chi connectivity index (χ1v) is 12.3. The van der Waals surface area contributed by atoms with E-state index in [9.17, 15) is 18.0 Å². The minimum absolute atomic E-state index is 0.0813. The number of rotatable bonds is 8. The summed E-state index contributed by atoms with van der Waals surface area (Å²) in [4.78, 5) is 27.1. The van der Waals surface area contributed by atoms with Crippen molar-refractivity contribution in [1.82, 2.24) is 4.31 Å². The Balaban J connectivity index is 1.72. The molecular formula is C23H24ClN3O5S. The van der Waals surface area contributed by atoms with Crippen LogP contribution in [-0.4, -0.2) is 50.3 Å². The number of carbonyl (C=O) groups is 2. The van der Waals surface area contributed by atoms with Crippen LogP contribution in [0.1, 0.15) is 25.7 Å². The zero-order valence-electron chi connectivity index (χ0n) is 17.9. The molecule has 0 aromatic heterocycles. The van der Waals surface area contributed by atoms with E-state index in [0.29, 0.717) is 30.0 Å². The van der Waals surface area contributed by atoms with Gasteiger partial charge in [0.25, 0.3) is 5.91 Å². The Bertz CT molecular complexity index is 1130. The van der Waals surface area contributed by atoms with Gasteiger partial charge in [-0.1, -0.05) is 35.9 Å². The summed E-state index contributed by atoms with van der Waals surface area (Å²) in [6, 6.07) is 15.5. The van der Waals surface area contributed by atoms with E-state index in [1.165, 1.54) is 17.0 Å². The summed E-state index contributed by atoms with van der Waals surface area (Å²) in [5, 5.41) is 9.34. The van der Waals surface area contributed by atoms with Gasteiger partial charge >= 0.3 is 5.97 Å². The van der Waals surface area contributed by atoms with Gasteiger partial charge in [0.15, 0.2) is 6.61 Å². The van der Waals surface area contributed by atoms with Crippen LogP contribution < -0.4 is 4.90 Å². The maximum atomic E-state index is 13.1. The largest absolute Gasteiger partial charge is 0.454 e. The maximum Gasteiger partial charge on any atom is 0.324 e. The molecule has 0 saturated carbocycles. The molecule has 3 rings (SSSR count). The highest BCUT2D eigenvalue weighted by molar-refractivity contribution is 7.89. The molecule has 33 heavy (non-hydrogen) atoms. The summed E-state index contributed by atoms with van der Waals surface area (Å²) in [6.45, 7) is -0.278. The summed E-state index contributed by atoms with van der Waals surface area (Å²) in [5.74, 6) is -1.30. The first kappa shape index (κ1) is 24.7. The van der Waals surface area contributed by atoms with Crippen molar-refractivity contribution in [1.29, 1.82) is 5.26 Å². The van der Waals surface area contributed by atoms with Crippen LogP contribution in [-0.2, 0) is 24.3 Å². The third-order valence-electron chi connectivity index (χ3n) is 5.28. The predicted molar refractivity (Wildman–Crippen MR) is 123 cm³/mol. The Labute approximate surface area is 198 Å². The number of amides is 1. The van der Waals surface area contributed by atoms with Gasteiger partial charge in [0, 0.05) is 23.8 Å². The lowest BCUT2D eigenvalue weighted by Crippen LogP contribution is -2.49. The number of anilines is 1. The Morgan fingerprint density at radius 1 is 1.15 bits per heavy atom. The molecule has 1 heterocycles. The quantitative estimate of drug-likeness (QED) is 0.526. The molecule has 1 unspecified atom stereocenters. The highest BCUT2D eigenvalue weighted by Gasteiger charge is 2.38. The van der Waals surface area contributed by atoms with Crippen molar-refractivity contribution in [2.45, 2.75) is 36.6 Å². The normalized spacial score (nSPS) is 16.5. The average molecular weight is 490 g/mol. The van der Waals surface area contributed by atoms with E-state index < -0.39 is 34.5 Å². The number of benzene rings is 2. The van der Waals surface area contributed by atoms with Crippen LogP contribution in [0.25, 0.3) is 0 Å². The van der Waals surface area contributed by atoms with E-state index in [2.05, 4.69) is 0 Å². The molecule has 1 fully saturated rings. The lowest BCUT2D eigenvalue weighted by molar-refractivity contribution is -0.152. The summed E-state index contributed by atoms with van der Waals surface area (Å²) < 4.78 is 32.6. The van der Waals surface area contributed by atoms with E-state index in [1.807, 2.05) is 6.07 Å². The summed E-state index contributed by atoms with van der Waals surface area (Å²) >= 11 is 6.02. The third-order valence-corrected chi connectivity index (χ3v) is 7.44. The van der Waals surface area contributed by atoms with Crippen LogP contribution in [0.2, 0.25) is 5.02 Å². The van der Waals surface area contributed by atoms with Crippen molar-refractivity contribution >= 4 is 39.2 Å². The number of hydrogen-bond acceptors (Lipinski definition) is 6. The van der Waals surface area contributed by atoms with Crippen molar-refractivity contribution in [2.24, 2.45) is 0 Å². The van der Waals surface area contributed by atoms with E-state index in [0.717, 1.165) is 4.31 Å². The molecule has 0 radical (unpaired) electrons. The Morgan fingerprint density at radius 3 is 2.61 bits per heavy atom. The SMILES string of the molecule is N#CCCN(C(=O)COC(=O)C1CCCCN1S(=O)(=O)c1ccccc1)c1cccc(Cl)c1. The number of nitriles is 1. The molecule has 0 bridgehead atoms. The molecule has 1 amide bonds. The molecule has 8 nitrogen and oxygen atoms in total. The summed E-state index contributed by atoms with van der Waals surface area (Å²) in [6.07, 6.45) is 1.69. The number of piperidine rings is 1. The number of ether oxygens (including phenoxy) is 1. The van der Waals surface area contributed by atoms with Crippen LogP contribution in [0.3, 0.4) is 0 Å². The van der Waals surface area contributed by atoms with Crippen LogP contribution in [0.15, 0.2) is 59.5 Å². The van der Waals surface area contributed by atoms with Crippen LogP contribution in [0, 0.1) is 11.3 Å². The van der Waals surface area contributed by atoms with Gasteiger partial charge in [0.05, 0.1) is 17.4 Å². The second-order valence-electron chi connectivity index (χ2n) is 7.48.